The summed E-state index contributed by atoms with van der Waals surface area (Å²) in [4.78, 5) is 2.99. The van der Waals surface area contributed by atoms with E-state index in [4.69, 9.17) is 0 Å². The standard InChI is InChI=1S/C13H17N3S2/c1-14-13(10-6-15-16(2)7-10)12-5-9-8-17-4-3-11(9)18-12/h5-7,13-14H,3-4,8H2,1-2H3. The smallest absolute Gasteiger partial charge is 0.0699 e. The first kappa shape index (κ1) is 12.3. The molecule has 5 heteroatoms. The molecule has 3 nitrogen and oxygen atoms in total. The summed E-state index contributed by atoms with van der Waals surface area (Å²) < 4.78 is 1.86. The zero-order valence-corrected chi connectivity index (χ0v) is 12.3. The van der Waals surface area contributed by atoms with E-state index < -0.39 is 0 Å². The number of aryl methyl sites for hydroxylation is 2. The lowest BCUT2D eigenvalue weighted by molar-refractivity contribution is 0.700. The van der Waals surface area contributed by atoms with Gasteiger partial charge in [-0.1, -0.05) is 0 Å². The number of hydrogen-bond acceptors (Lipinski definition) is 4. The molecule has 3 heterocycles. The minimum atomic E-state index is 0.277. The number of rotatable bonds is 3. The fourth-order valence-corrected chi connectivity index (χ4v) is 4.89. The van der Waals surface area contributed by atoms with Crippen molar-refractivity contribution in [1.29, 1.82) is 0 Å². The quantitative estimate of drug-likeness (QED) is 0.936. The lowest BCUT2D eigenvalue weighted by atomic mass is 10.1. The van der Waals surface area contributed by atoms with Gasteiger partial charge in [0.25, 0.3) is 0 Å². The van der Waals surface area contributed by atoms with Gasteiger partial charge in [-0.15, -0.1) is 11.3 Å². The van der Waals surface area contributed by atoms with E-state index in [2.05, 4.69) is 22.7 Å². The molecule has 0 aromatic carbocycles. The number of aromatic nitrogens is 2. The zero-order chi connectivity index (χ0) is 12.5. The molecule has 18 heavy (non-hydrogen) atoms. The van der Waals surface area contributed by atoms with Gasteiger partial charge in [0, 0.05) is 34.3 Å². The molecule has 0 radical (unpaired) electrons. The van der Waals surface area contributed by atoms with Crippen LogP contribution in [-0.4, -0.2) is 22.6 Å². The van der Waals surface area contributed by atoms with Gasteiger partial charge in [0.1, 0.15) is 0 Å². The molecule has 3 rings (SSSR count). The van der Waals surface area contributed by atoms with Crippen molar-refractivity contribution in [1.82, 2.24) is 15.1 Å². The Labute approximate surface area is 116 Å². The fraction of sp³-hybridized carbons (Fsp3) is 0.462. The number of nitrogens with zero attached hydrogens (tertiary/aromatic N) is 2. The maximum Gasteiger partial charge on any atom is 0.0699 e. The minimum absolute atomic E-state index is 0.277. The summed E-state index contributed by atoms with van der Waals surface area (Å²) in [6.07, 6.45) is 5.28. The van der Waals surface area contributed by atoms with E-state index in [1.807, 2.05) is 48.1 Å². The topological polar surface area (TPSA) is 29.9 Å². The van der Waals surface area contributed by atoms with Crippen LogP contribution in [0.2, 0.25) is 0 Å². The molecule has 1 unspecified atom stereocenters. The predicted octanol–water partition coefficient (Wildman–Crippen LogP) is 2.58. The van der Waals surface area contributed by atoms with Crippen LogP contribution in [0.15, 0.2) is 18.5 Å². The molecule has 1 atom stereocenters. The lowest BCUT2D eigenvalue weighted by Gasteiger charge is -2.11. The highest BCUT2D eigenvalue weighted by molar-refractivity contribution is 7.98. The Hall–Kier alpha value is -0.780. The van der Waals surface area contributed by atoms with Crippen LogP contribution in [0.1, 0.15) is 26.9 Å². The second-order valence-corrected chi connectivity index (χ2v) is 6.84. The number of fused-ring (bicyclic) bond motifs is 1. The summed E-state index contributed by atoms with van der Waals surface area (Å²) in [5.41, 5.74) is 2.78. The van der Waals surface area contributed by atoms with Gasteiger partial charge in [-0.25, -0.2) is 0 Å². The Kier molecular flexibility index (Phi) is 3.46. The first-order valence-corrected chi connectivity index (χ1v) is 8.10. The highest BCUT2D eigenvalue weighted by Crippen LogP contribution is 2.36. The van der Waals surface area contributed by atoms with E-state index in [1.165, 1.54) is 33.9 Å². The largest absolute Gasteiger partial charge is 0.309 e. The number of thiophene rings is 1. The molecule has 2 aromatic rings. The van der Waals surface area contributed by atoms with Gasteiger partial charge in [0.2, 0.25) is 0 Å². The second kappa shape index (κ2) is 5.07. The third-order valence-corrected chi connectivity index (χ3v) is 5.59. The third kappa shape index (κ3) is 2.22. The summed E-state index contributed by atoms with van der Waals surface area (Å²) >= 11 is 4.00. The molecule has 0 saturated carbocycles. The van der Waals surface area contributed by atoms with Crippen molar-refractivity contribution in [2.45, 2.75) is 18.2 Å². The Morgan fingerprint density at radius 3 is 3.06 bits per heavy atom. The fourth-order valence-electron chi connectivity index (χ4n) is 2.37. The maximum absolute atomic E-state index is 4.27. The van der Waals surface area contributed by atoms with E-state index in [-0.39, 0.29) is 6.04 Å². The summed E-state index contributed by atoms with van der Waals surface area (Å²) in [5, 5.41) is 7.68. The molecule has 2 aromatic heterocycles. The van der Waals surface area contributed by atoms with Crippen molar-refractivity contribution in [3.05, 3.63) is 39.3 Å². The maximum atomic E-state index is 4.27. The van der Waals surface area contributed by atoms with Crippen LogP contribution < -0.4 is 5.32 Å². The average Bonchev–Trinajstić information content (AvgIpc) is 2.96. The number of hydrogen-bond donors (Lipinski definition) is 1. The first-order valence-electron chi connectivity index (χ1n) is 6.13. The third-order valence-electron chi connectivity index (χ3n) is 3.28. The van der Waals surface area contributed by atoms with E-state index in [0.29, 0.717) is 0 Å². The van der Waals surface area contributed by atoms with E-state index >= 15 is 0 Å². The van der Waals surface area contributed by atoms with Crippen molar-refractivity contribution < 1.29 is 0 Å². The number of thioether (sulfide) groups is 1. The molecule has 96 valence electrons. The van der Waals surface area contributed by atoms with Crippen LogP contribution in [-0.2, 0) is 19.2 Å². The molecule has 0 bridgehead atoms. The molecule has 0 spiro atoms. The average molecular weight is 279 g/mol. The molecule has 1 aliphatic heterocycles. The monoisotopic (exact) mass is 279 g/mol. The Morgan fingerprint density at radius 1 is 1.50 bits per heavy atom. The van der Waals surface area contributed by atoms with Gasteiger partial charge < -0.3 is 5.32 Å². The molecular formula is C13H17N3S2. The van der Waals surface area contributed by atoms with Crippen molar-refractivity contribution in [3.8, 4) is 0 Å². The summed E-state index contributed by atoms with van der Waals surface area (Å²) in [6.45, 7) is 0. The van der Waals surface area contributed by atoms with Gasteiger partial charge in [0.15, 0.2) is 0 Å². The molecule has 1 aliphatic rings. The van der Waals surface area contributed by atoms with Crippen LogP contribution in [0.4, 0.5) is 0 Å². The van der Waals surface area contributed by atoms with Crippen molar-refractivity contribution in [2.75, 3.05) is 12.8 Å². The van der Waals surface area contributed by atoms with Crippen molar-refractivity contribution in [2.24, 2.45) is 7.05 Å². The summed E-state index contributed by atoms with van der Waals surface area (Å²) in [5.74, 6) is 2.44. The van der Waals surface area contributed by atoms with Crippen LogP contribution in [0.25, 0.3) is 0 Å². The molecule has 0 amide bonds. The van der Waals surface area contributed by atoms with E-state index in [0.717, 1.165) is 0 Å². The van der Waals surface area contributed by atoms with Gasteiger partial charge in [-0.2, -0.15) is 16.9 Å². The summed E-state index contributed by atoms with van der Waals surface area (Å²) in [6, 6.07) is 2.65. The minimum Gasteiger partial charge on any atom is -0.309 e. The molecule has 1 N–H and O–H groups in total. The number of nitrogens with one attached hydrogen (secondary N) is 1. The van der Waals surface area contributed by atoms with Gasteiger partial charge in [-0.05, 0) is 30.9 Å². The normalized spacial score (nSPS) is 16.6. The second-order valence-electron chi connectivity index (χ2n) is 4.57. The van der Waals surface area contributed by atoms with Gasteiger partial charge in [0.05, 0.1) is 12.2 Å². The predicted molar refractivity (Wildman–Crippen MR) is 78.3 cm³/mol. The molecule has 0 saturated heterocycles. The zero-order valence-electron chi connectivity index (χ0n) is 10.6. The first-order chi connectivity index (χ1) is 8.78. The van der Waals surface area contributed by atoms with Crippen LogP contribution in [0.3, 0.4) is 0 Å². The molecular weight excluding hydrogens is 262 g/mol. The Morgan fingerprint density at radius 2 is 2.39 bits per heavy atom. The van der Waals surface area contributed by atoms with Crippen LogP contribution >= 0.6 is 23.1 Å². The van der Waals surface area contributed by atoms with Crippen LogP contribution in [0, 0.1) is 0 Å². The summed E-state index contributed by atoms with van der Waals surface area (Å²) in [7, 11) is 3.98. The lowest BCUT2D eigenvalue weighted by Crippen LogP contribution is -2.15. The van der Waals surface area contributed by atoms with Gasteiger partial charge >= 0.3 is 0 Å². The Balaban J connectivity index is 1.94. The molecule has 0 fully saturated rings. The van der Waals surface area contributed by atoms with E-state index in [9.17, 15) is 0 Å². The molecule has 0 aliphatic carbocycles. The highest BCUT2D eigenvalue weighted by Gasteiger charge is 2.20. The Bertz CT molecular complexity index is 521. The van der Waals surface area contributed by atoms with Crippen molar-refractivity contribution in [3.63, 3.8) is 0 Å². The highest BCUT2D eigenvalue weighted by atomic mass is 32.2. The van der Waals surface area contributed by atoms with E-state index in [1.54, 1.807) is 4.88 Å². The van der Waals surface area contributed by atoms with Crippen LogP contribution in [0.5, 0.6) is 0 Å². The van der Waals surface area contributed by atoms with Crippen molar-refractivity contribution >= 4 is 23.1 Å². The SMILES string of the molecule is CNC(c1cnn(C)c1)c1cc2c(s1)CCSC2. The van der Waals surface area contributed by atoms with Gasteiger partial charge in [-0.3, -0.25) is 4.68 Å².